The monoisotopic (exact) mass is 312 g/mol. The summed E-state index contributed by atoms with van der Waals surface area (Å²) in [5.74, 6) is 0.687. The lowest BCUT2D eigenvalue weighted by Gasteiger charge is -2.15. The molecule has 0 amide bonds. The second-order valence-corrected chi connectivity index (χ2v) is 5.98. The number of pyridine rings is 1. The molecule has 0 N–H and O–H groups in total. The molecule has 1 aliphatic rings. The zero-order chi connectivity index (χ0) is 16.5. The van der Waals surface area contributed by atoms with Gasteiger partial charge < -0.3 is 4.74 Å². The number of hydrogen-bond donors (Lipinski definition) is 0. The summed E-state index contributed by atoms with van der Waals surface area (Å²) in [6, 6.07) is 20.4. The zero-order valence-corrected chi connectivity index (χ0v) is 13.4. The zero-order valence-electron chi connectivity index (χ0n) is 13.4. The highest BCUT2D eigenvalue weighted by Crippen LogP contribution is 2.36. The van der Waals surface area contributed by atoms with Crippen molar-refractivity contribution in [3.63, 3.8) is 0 Å². The number of nitrogens with zero attached hydrogens (tertiary/aromatic N) is 2. The van der Waals surface area contributed by atoms with Crippen molar-refractivity contribution in [3.05, 3.63) is 83.2 Å². The Labute approximate surface area is 141 Å². The van der Waals surface area contributed by atoms with E-state index in [0.717, 1.165) is 34.4 Å². The number of benzene rings is 2. The predicted octanol–water partition coefficient (Wildman–Crippen LogP) is 4.66. The highest BCUT2D eigenvalue weighted by molar-refractivity contribution is 5.64. The van der Waals surface area contributed by atoms with Gasteiger partial charge in [-0.1, -0.05) is 42.5 Å². The average Bonchev–Trinajstić information content (AvgIpc) is 2.77. The van der Waals surface area contributed by atoms with Crippen molar-refractivity contribution in [2.24, 2.45) is 0 Å². The van der Waals surface area contributed by atoms with Crippen LogP contribution in [0.2, 0.25) is 0 Å². The van der Waals surface area contributed by atoms with E-state index < -0.39 is 0 Å². The summed E-state index contributed by atoms with van der Waals surface area (Å²) < 4.78 is 6.07. The second kappa shape index (κ2) is 5.82. The summed E-state index contributed by atoms with van der Waals surface area (Å²) in [5.41, 5.74) is 5.95. The fraction of sp³-hybridized carbons (Fsp3) is 0.143. The van der Waals surface area contributed by atoms with E-state index >= 15 is 0 Å². The average molecular weight is 312 g/mol. The quantitative estimate of drug-likeness (QED) is 0.656. The summed E-state index contributed by atoms with van der Waals surface area (Å²) in [6.07, 6.45) is 2.44. The summed E-state index contributed by atoms with van der Waals surface area (Å²) in [6.45, 7) is 1.98. The molecular weight excluding hydrogens is 296 g/mol. The van der Waals surface area contributed by atoms with Gasteiger partial charge in [0.2, 0.25) is 0 Å². The molecule has 24 heavy (non-hydrogen) atoms. The first-order valence-electron chi connectivity index (χ1n) is 7.99. The first-order valence-corrected chi connectivity index (χ1v) is 7.99. The molecule has 3 aromatic rings. The Hall–Kier alpha value is -3.12. The number of aromatic nitrogens is 1. The SMILES string of the molecule is CC1Oc2c(C#N)cccc2Cc2cc(-c3ccccc3)cnc21. The number of para-hydroxylation sites is 1. The first kappa shape index (κ1) is 14.5. The molecule has 0 bridgehead atoms. The largest absolute Gasteiger partial charge is 0.483 e. The lowest BCUT2D eigenvalue weighted by Crippen LogP contribution is -2.06. The summed E-state index contributed by atoms with van der Waals surface area (Å²) in [4.78, 5) is 4.67. The molecule has 0 saturated heterocycles. The number of fused-ring (bicyclic) bond motifs is 2. The Bertz CT molecular complexity index is 942. The normalized spacial score (nSPS) is 15.4. The molecule has 0 radical (unpaired) electrons. The van der Waals surface area contributed by atoms with Gasteiger partial charge in [0.1, 0.15) is 17.9 Å². The van der Waals surface area contributed by atoms with Crippen LogP contribution in [0.4, 0.5) is 0 Å². The van der Waals surface area contributed by atoms with E-state index in [-0.39, 0.29) is 6.10 Å². The summed E-state index contributed by atoms with van der Waals surface area (Å²) in [5, 5.41) is 9.34. The third-order valence-electron chi connectivity index (χ3n) is 4.39. The van der Waals surface area contributed by atoms with Gasteiger partial charge in [-0.05, 0) is 35.7 Å². The summed E-state index contributed by atoms with van der Waals surface area (Å²) in [7, 11) is 0. The molecule has 1 aromatic heterocycles. The van der Waals surface area contributed by atoms with Crippen LogP contribution in [-0.4, -0.2) is 4.98 Å². The molecule has 116 valence electrons. The van der Waals surface area contributed by atoms with Crippen LogP contribution in [0.3, 0.4) is 0 Å². The van der Waals surface area contributed by atoms with Crippen LogP contribution in [0.15, 0.2) is 60.8 Å². The van der Waals surface area contributed by atoms with Gasteiger partial charge in [0.05, 0.1) is 11.3 Å². The Morgan fingerprint density at radius 3 is 2.67 bits per heavy atom. The van der Waals surface area contributed by atoms with Crippen LogP contribution in [-0.2, 0) is 6.42 Å². The van der Waals surface area contributed by atoms with Gasteiger partial charge in [-0.15, -0.1) is 0 Å². The Balaban J connectivity index is 1.83. The number of rotatable bonds is 1. The fourth-order valence-electron chi connectivity index (χ4n) is 3.21. The highest BCUT2D eigenvalue weighted by Gasteiger charge is 2.23. The van der Waals surface area contributed by atoms with E-state index in [1.807, 2.05) is 43.5 Å². The van der Waals surface area contributed by atoms with Gasteiger partial charge in [-0.2, -0.15) is 5.26 Å². The minimum Gasteiger partial charge on any atom is -0.483 e. The van der Waals surface area contributed by atoms with E-state index in [9.17, 15) is 5.26 Å². The molecule has 0 spiro atoms. The maximum absolute atomic E-state index is 9.34. The number of ether oxygens (including phenoxy) is 1. The van der Waals surface area contributed by atoms with Gasteiger partial charge in [0.25, 0.3) is 0 Å². The fourth-order valence-corrected chi connectivity index (χ4v) is 3.21. The molecular formula is C21H16N2O. The molecule has 3 nitrogen and oxygen atoms in total. The Kier molecular flexibility index (Phi) is 3.51. The lowest BCUT2D eigenvalue weighted by molar-refractivity contribution is 0.222. The third-order valence-corrected chi connectivity index (χ3v) is 4.39. The molecule has 1 atom stereocenters. The minimum absolute atomic E-state index is 0.180. The van der Waals surface area contributed by atoms with Crippen LogP contribution in [0, 0.1) is 11.3 Å². The Morgan fingerprint density at radius 1 is 1.04 bits per heavy atom. The van der Waals surface area contributed by atoms with Crippen LogP contribution in [0.25, 0.3) is 11.1 Å². The van der Waals surface area contributed by atoms with Crippen molar-refractivity contribution in [2.75, 3.05) is 0 Å². The van der Waals surface area contributed by atoms with Crippen LogP contribution >= 0.6 is 0 Å². The van der Waals surface area contributed by atoms with Crippen molar-refractivity contribution in [2.45, 2.75) is 19.4 Å². The molecule has 0 aliphatic carbocycles. The molecule has 4 rings (SSSR count). The maximum atomic E-state index is 9.34. The first-order chi connectivity index (χ1) is 11.8. The van der Waals surface area contributed by atoms with Crippen molar-refractivity contribution in [1.29, 1.82) is 5.26 Å². The van der Waals surface area contributed by atoms with Gasteiger partial charge in [0, 0.05) is 18.2 Å². The van der Waals surface area contributed by atoms with E-state index in [1.165, 1.54) is 0 Å². The van der Waals surface area contributed by atoms with Crippen molar-refractivity contribution in [1.82, 2.24) is 4.98 Å². The second-order valence-electron chi connectivity index (χ2n) is 5.98. The maximum Gasteiger partial charge on any atom is 0.141 e. The van der Waals surface area contributed by atoms with Crippen LogP contribution < -0.4 is 4.74 Å². The number of nitriles is 1. The topological polar surface area (TPSA) is 45.9 Å². The van der Waals surface area contributed by atoms with E-state index in [0.29, 0.717) is 11.3 Å². The van der Waals surface area contributed by atoms with E-state index in [1.54, 1.807) is 6.07 Å². The molecule has 2 heterocycles. The van der Waals surface area contributed by atoms with Crippen molar-refractivity contribution < 1.29 is 4.74 Å². The minimum atomic E-state index is -0.180. The van der Waals surface area contributed by atoms with Gasteiger partial charge >= 0.3 is 0 Å². The van der Waals surface area contributed by atoms with Gasteiger partial charge in [-0.3, -0.25) is 4.98 Å². The van der Waals surface area contributed by atoms with Crippen molar-refractivity contribution >= 4 is 0 Å². The van der Waals surface area contributed by atoms with Crippen LogP contribution in [0.5, 0.6) is 5.75 Å². The van der Waals surface area contributed by atoms with E-state index in [2.05, 4.69) is 29.3 Å². The van der Waals surface area contributed by atoms with Gasteiger partial charge in [-0.25, -0.2) is 0 Å². The smallest absolute Gasteiger partial charge is 0.141 e. The molecule has 2 aromatic carbocycles. The molecule has 1 unspecified atom stereocenters. The number of hydrogen-bond acceptors (Lipinski definition) is 3. The predicted molar refractivity (Wildman–Crippen MR) is 92.7 cm³/mol. The van der Waals surface area contributed by atoms with Crippen molar-refractivity contribution in [3.8, 4) is 22.9 Å². The van der Waals surface area contributed by atoms with Crippen LogP contribution in [0.1, 0.15) is 35.4 Å². The van der Waals surface area contributed by atoms with E-state index in [4.69, 9.17) is 4.74 Å². The molecule has 3 heteroatoms. The van der Waals surface area contributed by atoms with Gasteiger partial charge in [0.15, 0.2) is 0 Å². The molecule has 0 fully saturated rings. The summed E-state index contributed by atoms with van der Waals surface area (Å²) >= 11 is 0. The third kappa shape index (κ3) is 2.43. The molecule has 1 aliphatic heterocycles. The lowest BCUT2D eigenvalue weighted by atomic mass is 9.97. The Morgan fingerprint density at radius 2 is 1.88 bits per heavy atom. The standard InChI is InChI=1S/C21H16N2O/c1-14-20-18(10-16-8-5-9-17(12-22)21(16)24-14)11-19(13-23-20)15-6-3-2-4-7-15/h2-9,11,13-14H,10H2,1H3. The highest BCUT2D eigenvalue weighted by atomic mass is 16.5. The molecule has 0 saturated carbocycles.